The number of anilines is 1. The van der Waals surface area contributed by atoms with E-state index in [1.165, 1.54) is 0 Å². The Labute approximate surface area is 120 Å². The first kappa shape index (κ1) is 13.2. The summed E-state index contributed by atoms with van der Waals surface area (Å²) in [6.07, 6.45) is 1.55. The lowest BCUT2D eigenvalue weighted by atomic mass is 10.2. The summed E-state index contributed by atoms with van der Waals surface area (Å²) in [7, 11) is 0. The molecule has 18 heavy (non-hydrogen) atoms. The second-order valence-electron chi connectivity index (χ2n) is 3.49. The highest BCUT2D eigenvalue weighted by Gasteiger charge is 2.07. The van der Waals surface area contributed by atoms with Gasteiger partial charge in [-0.15, -0.1) is 0 Å². The minimum Gasteiger partial charge on any atom is -0.279 e. The Kier molecular flexibility index (Phi) is 4.48. The molecule has 0 radical (unpaired) electrons. The smallest absolute Gasteiger partial charge is 0.0695 e. The van der Waals surface area contributed by atoms with E-state index in [0.717, 1.165) is 5.69 Å². The maximum atomic E-state index is 6.04. The number of nitrogens with zero attached hydrogens (tertiary/aromatic N) is 1. The van der Waals surface area contributed by atoms with E-state index in [4.69, 9.17) is 34.8 Å². The van der Waals surface area contributed by atoms with Gasteiger partial charge in [-0.05, 0) is 24.3 Å². The average Bonchev–Trinajstić information content (AvgIpc) is 2.39. The second-order valence-corrected chi connectivity index (χ2v) is 4.69. The fraction of sp³-hybridized carbons (Fsp3) is 0. The lowest BCUT2D eigenvalue weighted by Gasteiger charge is -2.03. The van der Waals surface area contributed by atoms with Crippen LogP contribution >= 0.6 is 34.8 Å². The summed E-state index contributed by atoms with van der Waals surface area (Å²) in [6.45, 7) is 0. The molecular weight excluding hydrogens is 291 g/mol. The normalized spacial score (nSPS) is 10.8. The molecule has 0 aliphatic rings. The number of hydrogen-bond acceptors (Lipinski definition) is 2. The minimum absolute atomic E-state index is 0.391. The Morgan fingerprint density at radius 1 is 0.889 bits per heavy atom. The lowest BCUT2D eigenvalue weighted by molar-refractivity contribution is 1.35. The molecule has 0 aliphatic carbocycles. The van der Waals surface area contributed by atoms with Crippen LogP contribution in [-0.4, -0.2) is 6.21 Å². The molecule has 0 spiro atoms. The van der Waals surface area contributed by atoms with Gasteiger partial charge in [-0.25, -0.2) is 0 Å². The SMILES string of the molecule is Clc1ccc(Cl)c(/C=N/Nc2ccccc2)c1Cl. The van der Waals surface area contributed by atoms with Gasteiger partial charge in [0.25, 0.3) is 0 Å². The third kappa shape index (κ3) is 3.16. The van der Waals surface area contributed by atoms with Crippen molar-refractivity contribution in [2.45, 2.75) is 0 Å². The fourth-order valence-electron chi connectivity index (χ4n) is 1.35. The van der Waals surface area contributed by atoms with E-state index in [0.29, 0.717) is 20.6 Å². The number of hydrogen-bond donors (Lipinski definition) is 1. The fourth-order valence-corrected chi connectivity index (χ4v) is 1.98. The standard InChI is InChI=1S/C13H9Cl3N2/c14-11-6-7-12(15)13(16)10(11)8-17-18-9-4-2-1-3-5-9/h1-8,18H/b17-8+. The van der Waals surface area contributed by atoms with Crippen molar-refractivity contribution in [1.82, 2.24) is 0 Å². The topological polar surface area (TPSA) is 24.4 Å². The Morgan fingerprint density at radius 2 is 1.56 bits per heavy atom. The molecule has 2 nitrogen and oxygen atoms in total. The Balaban J connectivity index is 2.17. The van der Waals surface area contributed by atoms with E-state index >= 15 is 0 Å². The predicted molar refractivity (Wildman–Crippen MR) is 79.1 cm³/mol. The minimum atomic E-state index is 0.391. The van der Waals surface area contributed by atoms with Crippen molar-refractivity contribution in [2.24, 2.45) is 5.10 Å². The summed E-state index contributed by atoms with van der Waals surface area (Å²) in [5.74, 6) is 0. The molecule has 2 rings (SSSR count). The summed E-state index contributed by atoms with van der Waals surface area (Å²) >= 11 is 18.0. The Bertz CT molecular complexity index is 568. The maximum Gasteiger partial charge on any atom is 0.0695 e. The largest absolute Gasteiger partial charge is 0.279 e. The number of hydrazone groups is 1. The van der Waals surface area contributed by atoms with Crippen molar-refractivity contribution in [2.75, 3.05) is 5.43 Å². The van der Waals surface area contributed by atoms with E-state index < -0.39 is 0 Å². The molecule has 5 heteroatoms. The third-order valence-electron chi connectivity index (χ3n) is 2.24. The Hall–Kier alpha value is -1.22. The van der Waals surface area contributed by atoms with Crippen LogP contribution in [0.5, 0.6) is 0 Å². The molecule has 92 valence electrons. The first-order chi connectivity index (χ1) is 8.68. The number of benzene rings is 2. The van der Waals surface area contributed by atoms with Gasteiger partial charge in [0.05, 0.1) is 27.0 Å². The van der Waals surface area contributed by atoms with Gasteiger partial charge < -0.3 is 0 Å². The van der Waals surface area contributed by atoms with Gasteiger partial charge in [0.2, 0.25) is 0 Å². The summed E-state index contributed by atoms with van der Waals surface area (Å²) in [6, 6.07) is 12.9. The number of halogens is 3. The number of para-hydroxylation sites is 1. The van der Waals surface area contributed by atoms with E-state index in [-0.39, 0.29) is 0 Å². The maximum absolute atomic E-state index is 6.04. The first-order valence-corrected chi connectivity index (χ1v) is 6.29. The highest BCUT2D eigenvalue weighted by molar-refractivity contribution is 6.45. The number of rotatable bonds is 3. The van der Waals surface area contributed by atoms with E-state index in [2.05, 4.69) is 10.5 Å². The number of nitrogens with one attached hydrogen (secondary N) is 1. The van der Waals surface area contributed by atoms with E-state index in [9.17, 15) is 0 Å². The van der Waals surface area contributed by atoms with Crippen LogP contribution in [-0.2, 0) is 0 Å². The predicted octanol–water partition coefficient (Wildman–Crippen LogP) is 5.09. The van der Waals surface area contributed by atoms with Gasteiger partial charge in [-0.3, -0.25) is 5.43 Å². The average molecular weight is 300 g/mol. The van der Waals surface area contributed by atoms with E-state index in [1.54, 1.807) is 18.3 Å². The molecule has 0 heterocycles. The van der Waals surface area contributed by atoms with Crippen molar-refractivity contribution >= 4 is 46.7 Å². The highest BCUT2D eigenvalue weighted by atomic mass is 35.5. The summed E-state index contributed by atoms with van der Waals surface area (Å²) in [5, 5.41) is 5.41. The molecule has 0 atom stereocenters. The lowest BCUT2D eigenvalue weighted by Crippen LogP contribution is -1.92. The molecule has 0 saturated heterocycles. The molecule has 0 aromatic heterocycles. The second kappa shape index (κ2) is 6.10. The summed E-state index contributed by atoms with van der Waals surface area (Å²) in [5.41, 5.74) is 4.35. The molecule has 1 N–H and O–H groups in total. The molecule has 0 aliphatic heterocycles. The van der Waals surface area contributed by atoms with Crippen LogP contribution in [0.2, 0.25) is 15.1 Å². The van der Waals surface area contributed by atoms with Gasteiger partial charge in [-0.2, -0.15) is 5.10 Å². The molecule has 0 saturated carbocycles. The highest BCUT2D eigenvalue weighted by Crippen LogP contribution is 2.30. The molecule has 0 amide bonds. The molecule has 0 fully saturated rings. The molecule has 0 bridgehead atoms. The third-order valence-corrected chi connectivity index (χ3v) is 3.39. The zero-order chi connectivity index (χ0) is 13.0. The van der Waals surface area contributed by atoms with Crippen LogP contribution in [0.15, 0.2) is 47.6 Å². The van der Waals surface area contributed by atoms with E-state index in [1.807, 2.05) is 30.3 Å². The van der Waals surface area contributed by atoms with Crippen LogP contribution in [0.25, 0.3) is 0 Å². The van der Waals surface area contributed by atoms with Gasteiger partial charge >= 0.3 is 0 Å². The van der Waals surface area contributed by atoms with Crippen LogP contribution < -0.4 is 5.43 Å². The van der Waals surface area contributed by atoms with Crippen LogP contribution in [0.3, 0.4) is 0 Å². The van der Waals surface area contributed by atoms with Crippen molar-refractivity contribution in [1.29, 1.82) is 0 Å². The van der Waals surface area contributed by atoms with Crippen LogP contribution in [0.4, 0.5) is 5.69 Å². The molecular formula is C13H9Cl3N2. The van der Waals surface area contributed by atoms with Crippen molar-refractivity contribution < 1.29 is 0 Å². The van der Waals surface area contributed by atoms with Gasteiger partial charge in [0.1, 0.15) is 0 Å². The molecule has 2 aromatic carbocycles. The van der Waals surface area contributed by atoms with Crippen LogP contribution in [0.1, 0.15) is 5.56 Å². The van der Waals surface area contributed by atoms with Gasteiger partial charge in [0, 0.05) is 5.56 Å². The van der Waals surface area contributed by atoms with Crippen molar-refractivity contribution in [3.63, 3.8) is 0 Å². The summed E-state index contributed by atoms with van der Waals surface area (Å²) in [4.78, 5) is 0. The monoisotopic (exact) mass is 298 g/mol. The first-order valence-electron chi connectivity index (χ1n) is 5.16. The molecule has 0 unspecified atom stereocenters. The Morgan fingerprint density at radius 3 is 2.28 bits per heavy atom. The molecule has 2 aromatic rings. The summed E-state index contributed by atoms with van der Waals surface area (Å²) < 4.78 is 0. The zero-order valence-electron chi connectivity index (χ0n) is 9.20. The van der Waals surface area contributed by atoms with Crippen LogP contribution in [0, 0.1) is 0 Å². The zero-order valence-corrected chi connectivity index (χ0v) is 11.5. The van der Waals surface area contributed by atoms with Gasteiger partial charge in [-0.1, -0.05) is 53.0 Å². The quantitative estimate of drug-likeness (QED) is 0.476. The van der Waals surface area contributed by atoms with Crippen molar-refractivity contribution in [3.8, 4) is 0 Å². The van der Waals surface area contributed by atoms with Gasteiger partial charge in [0.15, 0.2) is 0 Å². The van der Waals surface area contributed by atoms with Crippen molar-refractivity contribution in [3.05, 3.63) is 63.1 Å².